The number of likely N-dealkylation sites (tertiary alicyclic amines) is 3. The maximum absolute atomic E-state index is 12.8. The summed E-state index contributed by atoms with van der Waals surface area (Å²) in [4.78, 5) is 65.8. The van der Waals surface area contributed by atoms with Gasteiger partial charge in [-0.1, -0.05) is 103 Å². The van der Waals surface area contributed by atoms with Crippen molar-refractivity contribution in [3.8, 4) is 11.5 Å². The Morgan fingerprint density at radius 2 is 0.850 bits per heavy atom. The van der Waals surface area contributed by atoms with Crippen LogP contribution in [0.15, 0.2) is 188 Å². The summed E-state index contributed by atoms with van der Waals surface area (Å²) in [6.45, 7) is 16.3. The van der Waals surface area contributed by atoms with Gasteiger partial charge in [-0.25, -0.2) is 14.4 Å². The van der Waals surface area contributed by atoms with Gasteiger partial charge in [-0.15, -0.1) is 0 Å². The van der Waals surface area contributed by atoms with E-state index in [2.05, 4.69) is 114 Å². The number of alkyl halides is 6. The number of piperidine rings is 4. The van der Waals surface area contributed by atoms with E-state index in [0.29, 0.717) is 57.0 Å². The largest absolute Gasteiger partial charge is 0.416 e. The molecule has 0 aliphatic carbocycles. The normalized spacial score (nSPS) is 16.5. The second kappa shape index (κ2) is 43.6. The minimum Gasteiger partial charge on any atom is -0.414 e. The lowest BCUT2D eigenvalue weighted by Gasteiger charge is -2.36. The summed E-state index contributed by atoms with van der Waals surface area (Å²) in [5.41, 5.74) is 9.22. The number of ether oxygens (including phenoxy) is 2. The van der Waals surface area contributed by atoms with Crippen LogP contribution in [0.25, 0.3) is 0 Å². The first-order valence-electron chi connectivity index (χ1n) is 36.7. The molecule has 3 amide bonds. The third-order valence-electron chi connectivity index (χ3n) is 19.8. The number of anilines is 1. The number of nitrogens with zero attached hydrogens (tertiary/aromatic N) is 7. The number of benzene rings is 7. The summed E-state index contributed by atoms with van der Waals surface area (Å²) in [5.74, 6) is 2.99. The second-order valence-corrected chi connectivity index (χ2v) is 27.6. The molecule has 5 N–H and O–H groups in total. The Morgan fingerprint density at radius 1 is 0.477 bits per heavy atom. The van der Waals surface area contributed by atoms with Crippen molar-refractivity contribution in [3.05, 3.63) is 242 Å². The second-order valence-electron chi connectivity index (χ2n) is 27.3. The number of piperazine rings is 1. The number of carbonyl (C=O) groups is 3. The highest BCUT2D eigenvalue weighted by molar-refractivity contribution is 6.61. The van der Waals surface area contributed by atoms with Crippen molar-refractivity contribution in [1.82, 2.24) is 35.6 Å². The molecule has 0 atom stereocenters. The van der Waals surface area contributed by atoms with Gasteiger partial charge in [-0.2, -0.15) is 26.3 Å². The number of rotatable bonds is 20. The van der Waals surface area contributed by atoms with E-state index in [0.717, 1.165) is 146 Å². The molecule has 0 aromatic heterocycles. The van der Waals surface area contributed by atoms with Crippen molar-refractivity contribution in [2.24, 2.45) is 23.5 Å². The minimum atomic E-state index is -4.32. The molecule has 0 saturated carbocycles. The molecule has 5 saturated heterocycles. The zero-order chi connectivity index (χ0) is 76.4. The third-order valence-corrected chi connectivity index (χ3v) is 19.9. The Labute approximate surface area is 627 Å². The molecule has 27 heteroatoms. The van der Waals surface area contributed by atoms with Crippen molar-refractivity contribution in [2.75, 3.05) is 103 Å². The molecule has 12 rings (SSSR count). The molecule has 576 valence electrons. The topological polar surface area (TPSA) is 234 Å². The number of nitrogens with two attached hydrogens (primary N) is 1. The molecule has 5 aliphatic heterocycles. The number of hydrogen-bond acceptors (Lipinski definition) is 15. The van der Waals surface area contributed by atoms with Gasteiger partial charge in [0.15, 0.2) is 0 Å². The zero-order valence-corrected chi connectivity index (χ0v) is 61.0. The van der Waals surface area contributed by atoms with Crippen molar-refractivity contribution < 1.29 is 60.0 Å². The number of hydrogen-bond donors (Lipinski definition) is 4. The van der Waals surface area contributed by atoms with Gasteiger partial charge in [-0.05, 0) is 236 Å². The van der Waals surface area contributed by atoms with Crippen molar-refractivity contribution in [1.29, 1.82) is 0 Å². The van der Waals surface area contributed by atoms with Crippen LogP contribution in [-0.2, 0) is 32.0 Å². The quantitative estimate of drug-likeness (QED) is 0.0240. The van der Waals surface area contributed by atoms with Gasteiger partial charge in [0, 0.05) is 100 Å². The van der Waals surface area contributed by atoms with E-state index in [1.165, 1.54) is 122 Å². The van der Waals surface area contributed by atoms with Crippen molar-refractivity contribution in [3.63, 3.8) is 0 Å². The predicted octanol–water partition coefficient (Wildman–Crippen LogP) is 16.6. The summed E-state index contributed by atoms with van der Waals surface area (Å²) in [6.07, 6.45) is 3.28. The average Bonchev–Trinajstić information content (AvgIpc) is 0.834. The Morgan fingerprint density at radius 3 is 1.22 bits per heavy atom. The fourth-order valence-corrected chi connectivity index (χ4v) is 13.7. The van der Waals surface area contributed by atoms with Gasteiger partial charge in [-0.3, -0.25) is 34.9 Å². The Hall–Kier alpha value is -9.18. The van der Waals surface area contributed by atoms with E-state index in [9.17, 15) is 61.0 Å². The van der Waals surface area contributed by atoms with Gasteiger partial charge >= 0.3 is 29.9 Å². The molecule has 107 heavy (non-hydrogen) atoms. The van der Waals surface area contributed by atoms with E-state index >= 15 is 0 Å². The summed E-state index contributed by atoms with van der Waals surface area (Å²) in [7, 11) is 0. The molecular weight excluding hydrogens is 1410 g/mol. The lowest BCUT2D eigenvalue weighted by atomic mass is 9.90. The van der Waals surface area contributed by atoms with E-state index in [-0.39, 0.29) is 28.9 Å². The molecule has 0 bridgehead atoms. The van der Waals surface area contributed by atoms with Gasteiger partial charge in [0.05, 0.1) is 21.0 Å². The van der Waals surface area contributed by atoms with Gasteiger partial charge < -0.3 is 41.0 Å². The molecule has 5 aliphatic rings. The van der Waals surface area contributed by atoms with E-state index in [1.807, 2.05) is 17.0 Å². The monoisotopic (exact) mass is 1510 g/mol. The van der Waals surface area contributed by atoms with Crippen LogP contribution >= 0.6 is 11.6 Å². The average molecular weight is 1510 g/mol. The smallest absolute Gasteiger partial charge is 0.414 e. The summed E-state index contributed by atoms with van der Waals surface area (Å²) < 4.78 is 84.9. The molecule has 0 radical (unpaired) electrons. The zero-order valence-electron chi connectivity index (χ0n) is 60.2. The Bertz CT molecular complexity index is 3750. The standard InChI is InChI=1S/C26H33F3N4O.C21H25N3O4.C14H22N2.C12H14F3N.C7H4ClNO4/c27-26(28,29)23-6-8-24(9-7-23)32-16-18-33(19-17-32)25(34)30-13-10-21-11-14-31(15-12-21)20-22-4-2-1-3-5-22;25-21(28-20-8-6-19(7-9-20)24(26)27)22-13-10-17-11-14-23(15-12-17)16-18-4-2-1-3-5-18;15-9-6-13-7-10-16(11-8-13)12-14-4-2-1-3-5-14;13-12(14,15)11-3-1-9(2-4-11)10-5-7-16-8-6-10;8-7(10)13-6-3-1-5(2-4-6)9(11)12/h1-9,21H,10-20H2,(H,30,34);1-9,17H,10-16H2,(H,22,25);1-5,13H,6-12,15H2;1-4,10,16H,5-8H2;1-4H. The van der Waals surface area contributed by atoms with E-state index < -0.39 is 44.8 Å². The first kappa shape index (κ1) is 83.5. The summed E-state index contributed by atoms with van der Waals surface area (Å²) in [5, 5.41) is 29.9. The maximum Gasteiger partial charge on any atom is 0.416 e. The number of halogens is 7. The van der Waals surface area contributed by atoms with Crippen LogP contribution in [0, 0.1) is 38.0 Å². The Kier molecular flexibility index (Phi) is 34.0. The van der Waals surface area contributed by atoms with Crippen LogP contribution in [0.5, 0.6) is 11.5 Å². The molecule has 20 nitrogen and oxygen atoms in total. The molecule has 7 aromatic carbocycles. The first-order chi connectivity index (χ1) is 51.5. The highest BCUT2D eigenvalue weighted by Gasteiger charge is 2.32. The Balaban J connectivity index is 0.000000177. The van der Waals surface area contributed by atoms with Gasteiger partial charge in [0.1, 0.15) is 11.5 Å². The van der Waals surface area contributed by atoms with Crippen LogP contribution in [0.4, 0.5) is 57.8 Å². The van der Waals surface area contributed by atoms with Crippen LogP contribution in [-0.4, -0.2) is 145 Å². The number of nitro benzene ring substituents is 2. The fourth-order valence-electron chi connectivity index (χ4n) is 13.6. The third kappa shape index (κ3) is 30.2. The summed E-state index contributed by atoms with van der Waals surface area (Å²) in [6, 6.07) is 53.0. The fraction of sp³-hybridized carbons (Fsp3) is 0.438. The molecular formula is C80H98ClF6N11O9. The van der Waals surface area contributed by atoms with E-state index in [1.54, 1.807) is 17.0 Å². The lowest BCUT2D eigenvalue weighted by Crippen LogP contribution is -2.52. The van der Waals surface area contributed by atoms with Crippen LogP contribution in [0.1, 0.15) is 110 Å². The number of non-ortho nitro benzene ring substituents is 2. The number of urea groups is 1. The van der Waals surface area contributed by atoms with Gasteiger partial charge in [0.25, 0.3) is 11.4 Å². The number of nitrogens with one attached hydrogen (secondary N) is 3. The molecule has 5 heterocycles. The van der Waals surface area contributed by atoms with Crippen molar-refractivity contribution >= 4 is 46.2 Å². The number of nitro groups is 2. The summed E-state index contributed by atoms with van der Waals surface area (Å²) >= 11 is 4.92. The highest BCUT2D eigenvalue weighted by atomic mass is 35.5. The molecule has 0 spiro atoms. The molecule has 0 unspecified atom stereocenters. The SMILES string of the molecule is FC(F)(F)c1ccc(C2CCNCC2)cc1.NCCC1CCN(Cc2ccccc2)CC1.O=C(Cl)Oc1ccc([N+](=O)[O-])cc1.O=C(NCCC1CCN(Cc2ccccc2)CC1)N1CCN(c2ccc(C(F)(F)F)cc2)CC1.O=C(NCCC1CCN(Cc2ccccc2)CC1)Oc1ccc([N+](=O)[O-])cc1. The van der Waals surface area contributed by atoms with Crippen LogP contribution in [0.2, 0.25) is 0 Å². The molecule has 5 fully saturated rings. The lowest BCUT2D eigenvalue weighted by molar-refractivity contribution is -0.385. The van der Waals surface area contributed by atoms with Crippen molar-refractivity contribution in [2.45, 2.75) is 109 Å². The minimum absolute atomic E-state index is 0.0358. The highest BCUT2D eigenvalue weighted by Crippen LogP contribution is 2.34. The molecule has 7 aromatic rings. The predicted molar refractivity (Wildman–Crippen MR) is 403 cm³/mol. The van der Waals surface area contributed by atoms with Crippen LogP contribution in [0.3, 0.4) is 0 Å². The maximum atomic E-state index is 12.8. The van der Waals surface area contributed by atoms with E-state index in [4.69, 9.17) is 22.1 Å². The number of carbonyl (C=O) groups excluding carboxylic acids is 3. The number of amides is 3. The van der Waals surface area contributed by atoms with Crippen LogP contribution < -0.4 is 36.1 Å². The first-order valence-corrected chi connectivity index (χ1v) is 37.0. The van der Waals surface area contributed by atoms with Gasteiger partial charge in [0.2, 0.25) is 0 Å².